The smallest absolute Gasteiger partial charge is 0.227 e. The number of oxazole rings is 1. The highest BCUT2D eigenvalue weighted by atomic mass is 32.1. The van der Waals surface area contributed by atoms with Gasteiger partial charge in [-0.15, -0.1) is 11.3 Å². The summed E-state index contributed by atoms with van der Waals surface area (Å²) in [7, 11) is 0. The zero-order valence-electron chi connectivity index (χ0n) is 29.9. The fourth-order valence-electron chi connectivity index (χ4n) is 7.55. The van der Waals surface area contributed by atoms with E-state index in [9.17, 15) is 0 Å². The Hall–Kier alpha value is -7.28. The molecule has 0 bridgehead atoms. The molecule has 0 aliphatic carbocycles. The average molecular weight is 735 g/mol. The first-order valence-corrected chi connectivity index (χ1v) is 19.4. The molecule has 3 aromatic heterocycles. The molecule has 11 aromatic rings. The number of fused-ring (bicyclic) bond motifs is 7. The van der Waals surface area contributed by atoms with E-state index in [-0.39, 0.29) is 0 Å². The van der Waals surface area contributed by atoms with Crippen molar-refractivity contribution in [3.05, 3.63) is 182 Å². The van der Waals surface area contributed by atoms with Gasteiger partial charge in [-0.25, -0.2) is 19.9 Å². The maximum atomic E-state index is 6.56. The lowest BCUT2D eigenvalue weighted by atomic mass is 10.0. The van der Waals surface area contributed by atoms with Gasteiger partial charge in [-0.05, 0) is 69.4 Å². The van der Waals surface area contributed by atoms with Crippen LogP contribution in [0, 0.1) is 0 Å². The molecule has 0 N–H and O–H groups in total. The topological polar surface area (TPSA) is 64.7 Å². The van der Waals surface area contributed by atoms with Gasteiger partial charge in [0, 0.05) is 42.4 Å². The predicted octanol–water partition coefficient (Wildman–Crippen LogP) is 13.5. The Morgan fingerprint density at radius 3 is 1.39 bits per heavy atom. The van der Waals surface area contributed by atoms with Crippen molar-refractivity contribution in [2.45, 2.75) is 0 Å². The van der Waals surface area contributed by atoms with Crippen molar-refractivity contribution in [3.8, 4) is 67.9 Å². The molecule has 0 atom stereocenters. The van der Waals surface area contributed by atoms with Gasteiger partial charge in [-0.2, -0.15) is 0 Å². The van der Waals surface area contributed by atoms with Crippen molar-refractivity contribution < 1.29 is 4.42 Å². The van der Waals surface area contributed by atoms with Crippen molar-refractivity contribution in [1.82, 2.24) is 19.9 Å². The Morgan fingerprint density at radius 2 is 0.804 bits per heavy atom. The lowest BCUT2D eigenvalue weighted by Gasteiger charge is -2.11. The van der Waals surface area contributed by atoms with E-state index in [1.807, 2.05) is 42.5 Å². The molecule has 3 heterocycles. The van der Waals surface area contributed by atoms with Crippen LogP contribution in [0.3, 0.4) is 0 Å². The van der Waals surface area contributed by atoms with Gasteiger partial charge >= 0.3 is 0 Å². The van der Waals surface area contributed by atoms with E-state index in [4.69, 9.17) is 24.4 Å². The quantitative estimate of drug-likeness (QED) is 0.170. The van der Waals surface area contributed by atoms with Crippen molar-refractivity contribution in [1.29, 1.82) is 0 Å². The summed E-state index contributed by atoms with van der Waals surface area (Å²) in [4.78, 5) is 20.3. The van der Waals surface area contributed by atoms with Gasteiger partial charge in [-0.1, -0.05) is 146 Å². The van der Waals surface area contributed by atoms with Crippen LogP contribution in [0.5, 0.6) is 0 Å². The van der Waals surface area contributed by atoms with Crippen LogP contribution in [0.1, 0.15) is 0 Å². The molecule has 0 unspecified atom stereocenters. The third-order valence-electron chi connectivity index (χ3n) is 10.4. The van der Waals surface area contributed by atoms with Gasteiger partial charge in [0.25, 0.3) is 0 Å². The second-order valence-corrected chi connectivity index (χ2v) is 14.9. The summed E-state index contributed by atoms with van der Waals surface area (Å²) < 4.78 is 8.90. The highest BCUT2D eigenvalue weighted by Gasteiger charge is 2.19. The molecule has 0 fully saturated rings. The molecule has 6 heteroatoms. The number of rotatable bonds is 6. The van der Waals surface area contributed by atoms with Crippen LogP contribution in [0.25, 0.3) is 110 Å². The fourth-order valence-corrected chi connectivity index (χ4v) is 8.67. The summed E-state index contributed by atoms with van der Waals surface area (Å²) in [6.45, 7) is 0. The summed E-state index contributed by atoms with van der Waals surface area (Å²) in [6.07, 6.45) is 0. The van der Waals surface area contributed by atoms with Gasteiger partial charge < -0.3 is 4.42 Å². The van der Waals surface area contributed by atoms with Gasteiger partial charge in [0.1, 0.15) is 5.52 Å². The third kappa shape index (κ3) is 5.63. The maximum Gasteiger partial charge on any atom is 0.227 e. The lowest BCUT2D eigenvalue weighted by molar-refractivity contribution is 0.623. The number of nitrogens with zero attached hydrogens (tertiary/aromatic N) is 4. The molecule has 8 aromatic carbocycles. The zero-order chi connectivity index (χ0) is 37.0. The van der Waals surface area contributed by atoms with Gasteiger partial charge in [0.2, 0.25) is 5.89 Å². The van der Waals surface area contributed by atoms with Crippen LogP contribution >= 0.6 is 11.3 Å². The zero-order valence-corrected chi connectivity index (χ0v) is 30.7. The van der Waals surface area contributed by atoms with E-state index < -0.39 is 0 Å². The molecule has 0 amide bonds. The van der Waals surface area contributed by atoms with E-state index in [1.54, 1.807) is 11.3 Å². The van der Waals surface area contributed by atoms with E-state index in [1.165, 1.54) is 4.70 Å². The minimum Gasteiger partial charge on any atom is -0.435 e. The maximum absolute atomic E-state index is 6.56. The monoisotopic (exact) mass is 734 g/mol. The van der Waals surface area contributed by atoms with E-state index in [0.717, 1.165) is 81.9 Å². The van der Waals surface area contributed by atoms with E-state index in [2.05, 4.69) is 140 Å². The van der Waals surface area contributed by atoms with Crippen molar-refractivity contribution in [2.24, 2.45) is 0 Å². The first kappa shape index (κ1) is 32.2. The minimum atomic E-state index is 0.610. The number of benzene rings is 8. The average Bonchev–Trinajstić information content (AvgIpc) is 3.89. The normalized spacial score (nSPS) is 11.6. The number of aromatic nitrogens is 4. The van der Waals surface area contributed by atoms with Crippen molar-refractivity contribution in [3.63, 3.8) is 0 Å². The fraction of sp³-hybridized carbons (Fsp3) is 0. The Bertz CT molecular complexity index is 3110. The highest BCUT2D eigenvalue weighted by Crippen LogP contribution is 2.43. The standard InChI is InChI=1S/C50H30N4OS/c1-4-10-31(11-5-1)33-16-21-36(22-17-33)47-52-48(37-23-18-34(19-24-37)32-12-6-2-7-13-32)54-49(53-47)39-25-20-35-26-28-42-44(40(35)30-39)45-43(56-42)29-27-41-46(45)55-50(51-41)38-14-8-3-9-15-38/h1-30H. The predicted molar refractivity (Wildman–Crippen MR) is 230 cm³/mol. The van der Waals surface area contributed by atoms with Crippen LogP contribution in [-0.2, 0) is 0 Å². The molecular formula is C50H30N4OS. The molecule has 56 heavy (non-hydrogen) atoms. The molecule has 0 saturated heterocycles. The van der Waals surface area contributed by atoms with Gasteiger partial charge in [0.15, 0.2) is 23.1 Å². The second-order valence-electron chi connectivity index (χ2n) is 13.8. The molecule has 0 radical (unpaired) electrons. The van der Waals surface area contributed by atoms with Crippen LogP contribution in [-0.4, -0.2) is 19.9 Å². The van der Waals surface area contributed by atoms with Gasteiger partial charge in [0.05, 0.1) is 0 Å². The summed E-state index contributed by atoms with van der Waals surface area (Å²) >= 11 is 1.77. The summed E-state index contributed by atoms with van der Waals surface area (Å²) in [5.41, 5.74) is 9.95. The lowest BCUT2D eigenvalue weighted by Crippen LogP contribution is -2.00. The van der Waals surface area contributed by atoms with E-state index in [0.29, 0.717) is 23.4 Å². The molecule has 0 aliphatic rings. The summed E-state index contributed by atoms with van der Waals surface area (Å²) in [6, 6.07) is 62.9. The van der Waals surface area contributed by atoms with Crippen LogP contribution in [0.4, 0.5) is 0 Å². The number of hydrogen-bond donors (Lipinski definition) is 0. The molecule has 0 spiro atoms. The highest BCUT2D eigenvalue weighted by molar-refractivity contribution is 7.26. The van der Waals surface area contributed by atoms with Crippen molar-refractivity contribution in [2.75, 3.05) is 0 Å². The Labute approximate surface area is 326 Å². The minimum absolute atomic E-state index is 0.610. The van der Waals surface area contributed by atoms with Crippen LogP contribution in [0.15, 0.2) is 186 Å². The Morgan fingerprint density at radius 1 is 0.357 bits per heavy atom. The molecule has 5 nitrogen and oxygen atoms in total. The first-order valence-electron chi connectivity index (χ1n) is 18.5. The SMILES string of the molecule is c1ccc(-c2ccc(-c3nc(-c4ccc(-c5ccccc5)cc4)nc(-c4ccc5ccc6sc7ccc8nc(-c9ccccc9)oc8c7c6c5c4)n3)cc2)cc1. The Kier molecular flexibility index (Phi) is 7.60. The van der Waals surface area contributed by atoms with E-state index >= 15 is 0 Å². The first-order chi connectivity index (χ1) is 27.7. The largest absolute Gasteiger partial charge is 0.435 e. The van der Waals surface area contributed by atoms with Crippen LogP contribution in [0.2, 0.25) is 0 Å². The summed E-state index contributed by atoms with van der Waals surface area (Å²) in [5, 5.41) is 4.46. The molecule has 11 rings (SSSR count). The molecular weight excluding hydrogens is 705 g/mol. The Balaban J connectivity index is 1.08. The second kappa shape index (κ2) is 13.2. The van der Waals surface area contributed by atoms with Gasteiger partial charge in [-0.3, -0.25) is 0 Å². The number of thiophene rings is 1. The number of hydrogen-bond acceptors (Lipinski definition) is 6. The molecule has 262 valence electrons. The summed E-state index contributed by atoms with van der Waals surface area (Å²) in [5.74, 6) is 2.46. The molecule has 0 saturated carbocycles. The van der Waals surface area contributed by atoms with Crippen molar-refractivity contribution >= 4 is 53.4 Å². The van der Waals surface area contributed by atoms with Crippen LogP contribution < -0.4 is 0 Å². The third-order valence-corrected chi connectivity index (χ3v) is 11.5. The molecule has 0 aliphatic heterocycles.